The summed E-state index contributed by atoms with van der Waals surface area (Å²) < 4.78 is 0. The van der Waals surface area contributed by atoms with Crippen molar-refractivity contribution in [3.05, 3.63) is 157 Å². The standard InChI is InChI=1S/C64H80N6/c1-13-15-17-19-40-69(61-44-53(49-24-32-55(33-25-49)65(5)6)42-47(3)63(61)51-28-36-57(37-29-51)67(9)10)59-22-21-23-60(46-59)70(41-20-18-16-14-2)62-45-54(50-26-34-56(35-27-50)66(7)8)43-48(4)64(62)52-30-38-58(39-31-52)68(11)12/h21-39,42-46H,13-20,40-41H2,1-12H3. The fraction of sp³-hybridized carbons (Fsp3) is 0.344. The van der Waals surface area contributed by atoms with Crippen LogP contribution in [0.3, 0.4) is 0 Å². The molecule has 0 aliphatic carbocycles. The first kappa shape index (κ1) is 51.2. The fourth-order valence-corrected chi connectivity index (χ4v) is 9.80. The maximum Gasteiger partial charge on any atom is 0.0499 e. The summed E-state index contributed by atoms with van der Waals surface area (Å²) in [5, 5.41) is 0. The number of rotatable bonds is 22. The lowest BCUT2D eigenvalue weighted by Crippen LogP contribution is -2.22. The number of nitrogens with zero attached hydrogens (tertiary/aromatic N) is 6. The van der Waals surface area contributed by atoms with Crippen molar-refractivity contribution in [2.24, 2.45) is 0 Å². The first-order chi connectivity index (χ1) is 33.8. The van der Waals surface area contributed by atoms with Gasteiger partial charge in [-0.2, -0.15) is 0 Å². The van der Waals surface area contributed by atoms with E-state index in [1.54, 1.807) is 0 Å². The molecule has 0 bridgehead atoms. The van der Waals surface area contributed by atoms with E-state index in [-0.39, 0.29) is 0 Å². The summed E-state index contributed by atoms with van der Waals surface area (Å²) >= 11 is 0. The molecule has 0 aromatic heterocycles. The summed E-state index contributed by atoms with van der Waals surface area (Å²) in [5.41, 5.74) is 22.2. The minimum absolute atomic E-state index is 0.909. The van der Waals surface area contributed by atoms with Crippen molar-refractivity contribution in [1.82, 2.24) is 0 Å². The molecule has 0 atom stereocenters. The van der Waals surface area contributed by atoms with Crippen LogP contribution in [0.1, 0.15) is 76.3 Å². The average molecular weight is 933 g/mol. The van der Waals surface area contributed by atoms with Crippen LogP contribution in [0.25, 0.3) is 44.5 Å². The van der Waals surface area contributed by atoms with Crippen molar-refractivity contribution in [2.45, 2.75) is 79.1 Å². The van der Waals surface area contributed by atoms with Gasteiger partial charge in [-0.3, -0.25) is 0 Å². The van der Waals surface area contributed by atoms with Crippen LogP contribution in [0.4, 0.5) is 45.5 Å². The topological polar surface area (TPSA) is 19.4 Å². The van der Waals surface area contributed by atoms with Crippen molar-refractivity contribution in [2.75, 3.05) is 98.9 Å². The van der Waals surface area contributed by atoms with E-state index < -0.39 is 0 Å². The number of hydrogen-bond acceptors (Lipinski definition) is 6. The zero-order valence-electron chi connectivity index (χ0n) is 44.6. The van der Waals surface area contributed by atoms with Gasteiger partial charge in [0, 0.05) is 126 Å². The van der Waals surface area contributed by atoms with E-state index >= 15 is 0 Å². The normalized spacial score (nSPS) is 11.1. The number of benzene rings is 7. The highest BCUT2D eigenvalue weighted by Crippen LogP contribution is 2.45. The van der Waals surface area contributed by atoms with Crippen molar-refractivity contribution in [3.63, 3.8) is 0 Å². The minimum atomic E-state index is 0.909. The summed E-state index contributed by atoms with van der Waals surface area (Å²) in [6.45, 7) is 11.0. The second-order valence-electron chi connectivity index (χ2n) is 20.1. The Morgan fingerprint density at radius 3 is 0.914 bits per heavy atom. The van der Waals surface area contributed by atoms with Gasteiger partial charge in [0.05, 0.1) is 0 Å². The zero-order valence-corrected chi connectivity index (χ0v) is 44.6. The third-order valence-corrected chi connectivity index (χ3v) is 13.9. The number of unbranched alkanes of at least 4 members (excludes halogenated alkanes) is 6. The zero-order chi connectivity index (χ0) is 49.9. The molecule has 0 radical (unpaired) electrons. The summed E-state index contributed by atoms with van der Waals surface area (Å²) in [4.78, 5) is 14.0. The van der Waals surface area contributed by atoms with E-state index in [1.807, 2.05) is 0 Å². The van der Waals surface area contributed by atoms with Crippen molar-refractivity contribution < 1.29 is 0 Å². The van der Waals surface area contributed by atoms with Gasteiger partial charge < -0.3 is 29.4 Å². The molecular formula is C64H80N6. The van der Waals surface area contributed by atoms with Gasteiger partial charge in [-0.15, -0.1) is 0 Å². The molecule has 0 unspecified atom stereocenters. The minimum Gasteiger partial charge on any atom is -0.378 e. The number of hydrogen-bond donors (Lipinski definition) is 0. The number of aryl methyl sites for hydroxylation is 2. The first-order valence-electron chi connectivity index (χ1n) is 25.8. The lowest BCUT2D eigenvalue weighted by atomic mass is 9.92. The van der Waals surface area contributed by atoms with E-state index in [1.165, 1.54) is 140 Å². The summed E-state index contributed by atoms with van der Waals surface area (Å²) in [5.74, 6) is 0. The van der Waals surface area contributed by atoms with Gasteiger partial charge in [0.2, 0.25) is 0 Å². The van der Waals surface area contributed by atoms with E-state index in [4.69, 9.17) is 0 Å². The molecule has 0 aliphatic heterocycles. The summed E-state index contributed by atoms with van der Waals surface area (Å²) in [6.07, 6.45) is 9.41. The predicted octanol–water partition coefficient (Wildman–Crippen LogP) is 16.7. The van der Waals surface area contributed by atoms with Crippen molar-refractivity contribution in [3.8, 4) is 44.5 Å². The molecule has 0 heterocycles. The van der Waals surface area contributed by atoms with E-state index in [2.05, 4.69) is 259 Å². The van der Waals surface area contributed by atoms with Crippen LogP contribution in [0.15, 0.2) is 146 Å². The Labute approximate surface area is 422 Å². The Morgan fingerprint density at radius 1 is 0.300 bits per heavy atom. The van der Waals surface area contributed by atoms with Crippen molar-refractivity contribution >= 4 is 45.5 Å². The highest BCUT2D eigenvalue weighted by Gasteiger charge is 2.23. The van der Waals surface area contributed by atoms with Gasteiger partial charge in [-0.05, 0) is 150 Å². The smallest absolute Gasteiger partial charge is 0.0499 e. The molecular weight excluding hydrogens is 853 g/mol. The molecule has 0 aliphatic rings. The molecule has 6 nitrogen and oxygen atoms in total. The Bertz CT molecular complexity index is 2560. The van der Waals surface area contributed by atoms with Crippen LogP contribution in [0.5, 0.6) is 0 Å². The third-order valence-electron chi connectivity index (χ3n) is 13.9. The molecule has 7 rings (SSSR count). The monoisotopic (exact) mass is 933 g/mol. The summed E-state index contributed by atoms with van der Waals surface area (Å²) in [7, 11) is 16.9. The molecule has 0 saturated carbocycles. The largest absolute Gasteiger partial charge is 0.378 e. The lowest BCUT2D eigenvalue weighted by Gasteiger charge is -2.33. The number of anilines is 8. The van der Waals surface area contributed by atoms with Gasteiger partial charge in [-0.1, -0.05) is 119 Å². The van der Waals surface area contributed by atoms with Gasteiger partial charge in [-0.25, -0.2) is 0 Å². The molecule has 70 heavy (non-hydrogen) atoms. The van der Waals surface area contributed by atoms with Crippen LogP contribution in [0.2, 0.25) is 0 Å². The molecule has 0 spiro atoms. The van der Waals surface area contributed by atoms with Crippen LogP contribution in [-0.2, 0) is 0 Å². The van der Waals surface area contributed by atoms with Gasteiger partial charge in [0.25, 0.3) is 0 Å². The maximum absolute atomic E-state index is 2.64. The van der Waals surface area contributed by atoms with Gasteiger partial charge in [0.1, 0.15) is 0 Å². The third kappa shape index (κ3) is 12.2. The molecule has 0 saturated heterocycles. The van der Waals surface area contributed by atoms with Crippen LogP contribution in [-0.4, -0.2) is 69.5 Å². The molecule has 6 heteroatoms. The van der Waals surface area contributed by atoms with Crippen LogP contribution in [0, 0.1) is 13.8 Å². The highest BCUT2D eigenvalue weighted by atomic mass is 15.2. The summed E-state index contributed by atoms with van der Waals surface area (Å²) in [6, 6.07) is 55.5. The average Bonchev–Trinajstić information content (AvgIpc) is 3.36. The SMILES string of the molecule is CCCCCCN(c1cccc(N(CCCCCC)c2cc(-c3ccc(N(C)C)cc3)cc(C)c2-c2ccc(N(C)C)cc2)c1)c1cc(-c2ccc(N(C)C)cc2)cc(C)c1-c1ccc(N(C)C)cc1. The predicted molar refractivity (Wildman–Crippen MR) is 310 cm³/mol. The second kappa shape index (κ2) is 23.8. The Kier molecular flexibility index (Phi) is 17.4. The van der Waals surface area contributed by atoms with E-state index in [0.29, 0.717) is 0 Å². The Hall–Kier alpha value is -6.66. The molecule has 366 valence electrons. The second-order valence-corrected chi connectivity index (χ2v) is 20.1. The molecule has 0 fully saturated rings. The van der Waals surface area contributed by atoms with Crippen molar-refractivity contribution in [1.29, 1.82) is 0 Å². The fourth-order valence-electron chi connectivity index (χ4n) is 9.80. The molecule has 0 N–H and O–H groups in total. The molecule has 0 amide bonds. The molecule has 7 aromatic rings. The van der Waals surface area contributed by atoms with E-state index in [0.717, 1.165) is 25.9 Å². The van der Waals surface area contributed by atoms with Gasteiger partial charge >= 0.3 is 0 Å². The van der Waals surface area contributed by atoms with Gasteiger partial charge in [0.15, 0.2) is 0 Å². The first-order valence-corrected chi connectivity index (χ1v) is 25.8. The Morgan fingerprint density at radius 2 is 0.614 bits per heavy atom. The van der Waals surface area contributed by atoms with Crippen LogP contribution < -0.4 is 29.4 Å². The highest BCUT2D eigenvalue weighted by molar-refractivity contribution is 5.92. The Balaban J connectivity index is 1.45. The maximum atomic E-state index is 2.64. The molecule has 7 aromatic carbocycles. The lowest BCUT2D eigenvalue weighted by molar-refractivity contribution is 0.667. The van der Waals surface area contributed by atoms with E-state index in [9.17, 15) is 0 Å². The van der Waals surface area contributed by atoms with Crippen LogP contribution >= 0.6 is 0 Å². The quantitative estimate of drug-likeness (QED) is 0.0626.